The monoisotopic (exact) mass is 509 g/mol. The minimum Gasteiger partial charge on any atom is -0.478 e. The number of nitrogens with zero attached hydrogens (tertiary/aromatic N) is 2. The summed E-state index contributed by atoms with van der Waals surface area (Å²) in [7, 11) is 0. The Morgan fingerprint density at radius 3 is 2.42 bits per heavy atom. The van der Waals surface area contributed by atoms with E-state index in [2.05, 4.69) is 17.2 Å². The number of imidazole rings is 1. The molecule has 188 valence electrons. The number of unbranched alkanes of at least 4 members (excludes halogenated alkanes) is 1. The summed E-state index contributed by atoms with van der Waals surface area (Å²) >= 11 is 6.41. The zero-order valence-electron chi connectivity index (χ0n) is 20.2. The van der Waals surface area contributed by atoms with Gasteiger partial charge in [0.2, 0.25) is 0 Å². The number of benzene rings is 2. The van der Waals surface area contributed by atoms with E-state index in [0.29, 0.717) is 23.1 Å². The molecule has 0 aliphatic carbocycles. The van der Waals surface area contributed by atoms with E-state index in [9.17, 15) is 19.5 Å². The molecule has 0 unspecified atom stereocenters. The first-order valence-electron chi connectivity index (χ1n) is 11.7. The van der Waals surface area contributed by atoms with Crippen LogP contribution in [0, 0.1) is 0 Å². The molecule has 3 rings (SSSR count). The summed E-state index contributed by atoms with van der Waals surface area (Å²) in [6.45, 7) is 4.57. The summed E-state index contributed by atoms with van der Waals surface area (Å²) in [5.74, 6) is -1.31. The van der Waals surface area contributed by atoms with Gasteiger partial charge in [-0.25, -0.2) is 14.6 Å². The maximum atomic E-state index is 12.6. The van der Waals surface area contributed by atoms with Gasteiger partial charge in [-0.15, -0.1) is 0 Å². The number of hydrogen-bond donors (Lipinski definition) is 2. The van der Waals surface area contributed by atoms with Crippen molar-refractivity contribution in [1.29, 1.82) is 0 Å². The predicted octanol–water partition coefficient (Wildman–Crippen LogP) is 5.45. The number of anilines is 1. The molecule has 0 bridgehead atoms. The zero-order chi connectivity index (χ0) is 26.1. The highest BCUT2D eigenvalue weighted by molar-refractivity contribution is 6.30. The van der Waals surface area contributed by atoms with E-state index >= 15 is 0 Å². The number of esters is 1. The number of carbonyl (C=O) groups excluding carboxylic acids is 2. The van der Waals surface area contributed by atoms with Crippen LogP contribution in [0.5, 0.6) is 0 Å². The van der Waals surface area contributed by atoms with Gasteiger partial charge < -0.3 is 19.7 Å². The Bertz CT molecular complexity index is 1260. The van der Waals surface area contributed by atoms with Gasteiger partial charge in [0.05, 0.1) is 23.4 Å². The van der Waals surface area contributed by atoms with Crippen molar-refractivity contribution in [1.82, 2.24) is 9.55 Å². The third kappa shape index (κ3) is 6.82. The van der Waals surface area contributed by atoms with Crippen LogP contribution in [0.25, 0.3) is 6.08 Å². The molecule has 1 aromatic heterocycles. The molecular formula is C27H28ClN3O5. The molecule has 0 radical (unpaired) electrons. The van der Waals surface area contributed by atoms with E-state index in [1.54, 1.807) is 37.3 Å². The van der Waals surface area contributed by atoms with Crippen LogP contribution in [0.15, 0.2) is 54.6 Å². The van der Waals surface area contributed by atoms with Crippen molar-refractivity contribution in [2.24, 2.45) is 0 Å². The summed E-state index contributed by atoms with van der Waals surface area (Å²) in [5, 5.41) is 12.4. The fourth-order valence-electron chi connectivity index (χ4n) is 3.62. The summed E-state index contributed by atoms with van der Waals surface area (Å²) in [4.78, 5) is 40.4. The summed E-state index contributed by atoms with van der Waals surface area (Å²) in [6, 6.07) is 13.3. The van der Waals surface area contributed by atoms with E-state index in [1.165, 1.54) is 18.2 Å². The quantitative estimate of drug-likeness (QED) is 0.262. The first kappa shape index (κ1) is 26.7. The van der Waals surface area contributed by atoms with Crippen molar-refractivity contribution in [3.05, 3.63) is 88.0 Å². The summed E-state index contributed by atoms with van der Waals surface area (Å²) < 4.78 is 6.93. The summed E-state index contributed by atoms with van der Waals surface area (Å²) in [6.07, 6.45) is 5.62. The fraction of sp³-hybridized carbons (Fsp3) is 0.259. The Hall–Kier alpha value is -3.91. The van der Waals surface area contributed by atoms with Gasteiger partial charge in [-0.1, -0.05) is 49.2 Å². The first-order valence-corrected chi connectivity index (χ1v) is 12.0. The van der Waals surface area contributed by atoms with Crippen molar-refractivity contribution in [3.8, 4) is 0 Å². The lowest BCUT2D eigenvalue weighted by atomic mass is 10.1. The number of carboxylic acids is 1. The van der Waals surface area contributed by atoms with Crippen LogP contribution < -0.4 is 5.32 Å². The lowest BCUT2D eigenvalue weighted by Gasteiger charge is -2.12. The van der Waals surface area contributed by atoms with E-state index in [4.69, 9.17) is 16.3 Å². The molecule has 3 aromatic rings. The largest absolute Gasteiger partial charge is 0.478 e. The smallest absolute Gasteiger partial charge is 0.336 e. The van der Waals surface area contributed by atoms with Gasteiger partial charge in [-0.3, -0.25) is 4.79 Å². The molecular weight excluding hydrogens is 482 g/mol. The van der Waals surface area contributed by atoms with Crippen molar-refractivity contribution >= 4 is 41.2 Å². The second-order valence-electron chi connectivity index (χ2n) is 7.98. The van der Waals surface area contributed by atoms with Crippen LogP contribution >= 0.6 is 11.6 Å². The molecule has 2 aromatic carbocycles. The molecule has 0 atom stereocenters. The van der Waals surface area contributed by atoms with Gasteiger partial charge in [-0.2, -0.15) is 0 Å². The molecule has 1 heterocycles. The number of amides is 1. The van der Waals surface area contributed by atoms with Crippen molar-refractivity contribution in [2.45, 2.75) is 39.7 Å². The molecule has 0 aliphatic heterocycles. The Labute approximate surface area is 214 Å². The number of ether oxygens (including phenoxy) is 1. The van der Waals surface area contributed by atoms with Crippen LogP contribution in [0.1, 0.15) is 64.5 Å². The summed E-state index contributed by atoms with van der Waals surface area (Å²) in [5.41, 5.74) is 2.09. The van der Waals surface area contributed by atoms with Crippen molar-refractivity contribution < 1.29 is 24.2 Å². The third-order valence-electron chi connectivity index (χ3n) is 5.41. The number of halogens is 1. The third-order valence-corrected chi connectivity index (χ3v) is 5.69. The topological polar surface area (TPSA) is 111 Å². The lowest BCUT2D eigenvalue weighted by molar-refractivity contribution is -0.137. The van der Waals surface area contributed by atoms with Gasteiger partial charge in [0.15, 0.2) is 5.15 Å². The van der Waals surface area contributed by atoms with Gasteiger partial charge >= 0.3 is 11.9 Å². The zero-order valence-corrected chi connectivity index (χ0v) is 20.9. The maximum Gasteiger partial charge on any atom is 0.336 e. The van der Waals surface area contributed by atoms with E-state index in [1.807, 2.05) is 16.7 Å². The average molecular weight is 510 g/mol. The molecule has 8 nitrogen and oxygen atoms in total. The number of aryl methyl sites for hydroxylation is 1. The normalized spacial score (nSPS) is 11.0. The molecule has 0 saturated heterocycles. The second kappa shape index (κ2) is 12.7. The number of aromatic carboxylic acids is 1. The van der Waals surface area contributed by atoms with Gasteiger partial charge in [0.25, 0.3) is 5.91 Å². The number of nitrogens with one attached hydrogen (secondary N) is 1. The molecule has 0 aliphatic rings. The van der Waals surface area contributed by atoms with Gasteiger partial charge in [0.1, 0.15) is 5.82 Å². The Kier molecular flexibility index (Phi) is 9.41. The fourth-order valence-corrected chi connectivity index (χ4v) is 3.88. The Morgan fingerprint density at radius 1 is 1.08 bits per heavy atom. The highest BCUT2D eigenvalue weighted by atomic mass is 35.5. The Balaban J connectivity index is 1.81. The number of carbonyl (C=O) groups is 3. The molecule has 0 saturated carbocycles. The highest BCUT2D eigenvalue weighted by Gasteiger charge is 2.17. The number of rotatable bonds is 11. The molecule has 0 spiro atoms. The molecule has 1 amide bonds. The van der Waals surface area contributed by atoms with Gasteiger partial charge in [0, 0.05) is 24.7 Å². The molecule has 36 heavy (non-hydrogen) atoms. The molecule has 0 fully saturated rings. The number of carboxylic acid groups (broad SMARTS) is 1. The predicted molar refractivity (Wildman–Crippen MR) is 138 cm³/mol. The van der Waals surface area contributed by atoms with Crippen molar-refractivity contribution in [2.75, 3.05) is 11.9 Å². The highest BCUT2D eigenvalue weighted by Crippen LogP contribution is 2.23. The molecule has 9 heteroatoms. The van der Waals surface area contributed by atoms with E-state index < -0.39 is 17.8 Å². The van der Waals surface area contributed by atoms with Crippen LogP contribution in [0.4, 0.5) is 5.69 Å². The van der Waals surface area contributed by atoms with Crippen LogP contribution in [-0.4, -0.2) is 39.1 Å². The first-order chi connectivity index (χ1) is 17.3. The Morgan fingerprint density at radius 2 is 1.78 bits per heavy atom. The van der Waals surface area contributed by atoms with Crippen LogP contribution in [0.3, 0.4) is 0 Å². The van der Waals surface area contributed by atoms with Crippen LogP contribution in [-0.2, 0) is 22.5 Å². The van der Waals surface area contributed by atoms with Crippen molar-refractivity contribution in [3.63, 3.8) is 0 Å². The standard InChI is InChI=1S/C27H28ClN3O5/c1-3-5-10-23-30-25(28)22(15-16-24(32)36-4-2)31(23)17-18-11-13-19(14-12-18)29-26(33)20-8-6-7-9-21(20)27(34)35/h6-9,11-16H,3-5,10,17H2,1-2H3,(H,29,33)(H,34,35). The lowest BCUT2D eigenvalue weighted by Crippen LogP contribution is -2.16. The average Bonchev–Trinajstić information content (AvgIpc) is 3.16. The van der Waals surface area contributed by atoms with E-state index in [-0.39, 0.29) is 17.7 Å². The minimum absolute atomic E-state index is 0.0633. The van der Waals surface area contributed by atoms with E-state index in [0.717, 1.165) is 30.7 Å². The maximum absolute atomic E-state index is 12.6. The second-order valence-corrected chi connectivity index (χ2v) is 8.34. The number of hydrogen-bond acceptors (Lipinski definition) is 5. The minimum atomic E-state index is -1.17. The van der Waals surface area contributed by atoms with Crippen LogP contribution in [0.2, 0.25) is 5.15 Å². The molecule has 2 N–H and O–H groups in total. The SMILES string of the molecule is CCCCc1nc(Cl)c(C=CC(=O)OCC)n1Cc1ccc(NC(=O)c2ccccc2C(=O)O)cc1. The number of aromatic nitrogens is 2. The van der Waals surface area contributed by atoms with Gasteiger partial charge in [-0.05, 0) is 49.2 Å².